The fraction of sp³-hybridized carbons (Fsp3) is 0.556. The smallest absolute Gasteiger partial charge is 0.352 e. The second kappa shape index (κ2) is 14.3. The third kappa shape index (κ3) is 10.3. The molecular formula is C36H52N2O5. The number of unbranched alkanes of at least 4 members (excludes halogenated alkanes) is 1. The number of hydrogen-bond donors (Lipinski definition) is 2. The van der Waals surface area contributed by atoms with E-state index in [-0.39, 0.29) is 16.8 Å². The third-order valence-corrected chi connectivity index (χ3v) is 7.58. The van der Waals surface area contributed by atoms with Gasteiger partial charge >= 0.3 is 11.9 Å². The van der Waals surface area contributed by atoms with Gasteiger partial charge < -0.3 is 24.8 Å². The van der Waals surface area contributed by atoms with Crippen molar-refractivity contribution in [2.75, 3.05) is 11.9 Å². The number of carbonyl (C=O) groups excluding carboxylic acids is 2. The number of nitrogens with one attached hydrogen (secondary N) is 2. The molecular weight excluding hydrogens is 540 g/mol. The highest BCUT2D eigenvalue weighted by Gasteiger charge is 2.42. The fourth-order valence-corrected chi connectivity index (χ4v) is 5.10. The summed E-state index contributed by atoms with van der Waals surface area (Å²) in [6, 6.07) is 16.2. The second-order valence-corrected chi connectivity index (χ2v) is 13.9. The van der Waals surface area contributed by atoms with Crippen molar-refractivity contribution in [2.24, 2.45) is 5.92 Å². The van der Waals surface area contributed by atoms with Gasteiger partial charge in [-0.1, -0.05) is 85.1 Å². The van der Waals surface area contributed by atoms with E-state index in [0.29, 0.717) is 24.6 Å². The average molecular weight is 593 g/mol. The van der Waals surface area contributed by atoms with Gasteiger partial charge in [0.15, 0.2) is 5.57 Å². The van der Waals surface area contributed by atoms with Crippen molar-refractivity contribution >= 4 is 17.6 Å². The summed E-state index contributed by atoms with van der Waals surface area (Å²) in [5.74, 6) is -1.20. The Bertz CT molecular complexity index is 1230. The zero-order valence-corrected chi connectivity index (χ0v) is 27.7. The lowest BCUT2D eigenvalue weighted by Crippen LogP contribution is -2.49. The normalized spacial score (nSPS) is 16.3. The minimum absolute atomic E-state index is 0.0604. The van der Waals surface area contributed by atoms with Crippen LogP contribution in [0, 0.1) is 5.92 Å². The van der Waals surface area contributed by atoms with Crippen LogP contribution >= 0.6 is 0 Å². The molecule has 2 aromatic rings. The Labute approximate surface area is 258 Å². The van der Waals surface area contributed by atoms with Gasteiger partial charge in [-0.25, -0.2) is 9.59 Å². The number of rotatable bonds is 14. The molecule has 7 nitrogen and oxygen atoms in total. The summed E-state index contributed by atoms with van der Waals surface area (Å²) >= 11 is 0. The minimum Gasteiger partial charge on any atom is -0.494 e. The van der Waals surface area contributed by atoms with Crippen LogP contribution in [0.1, 0.15) is 106 Å². The zero-order chi connectivity index (χ0) is 31.8. The highest BCUT2D eigenvalue weighted by molar-refractivity contribution is 6.16. The van der Waals surface area contributed by atoms with Gasteiger partial charge in [-0.15, -0.1) is 0 Å². The number of ether oxygens (including phenoxy) is 3. The largest absolute Gasteiger partial charge is 0.494 e. The highest BCUT2D eigenvalue weighted by Crippen LogP contribution is 2.30. The third-order valence-electron chi connectivity index (χ3n) is 7.58. The van der Waals surface area contributed by atoms with Crippen LogP contribution in [-0.4, -0.2) is 29.9 Å². The van der Waals surface area contributed by atoms with Crippen molar-refractivity contribution in [2.45, 2.75) is 118 Å². The summed E-state index contributed by atoms with van der Waals surface area (Å²) < 4.78 is 16.8. The quantitative estimate of drug-likeness (QED) is 0.0994. The predicted molar refractivity (Wildman–Crippen MR) is 173 cm³/mol. The molecule has 1 aliphatic heterocycles. The van der Waals surface area contributed by atoms with E-state index in [0.717, 1.165) is 37.9 Å². The van der Waals surface area contributed by atoms with Crippen molar-refractivity contribution in [1.29, 1.82) is 0 Å². The first-order valence-corrected chi connectivity index (χ1v) is 15.7. The summed E-state index contributed by atoms with van der Waals surface area (Å²) in [6.45, 7) is 19.1. The minimum atomic E-state index is -1.34. The fourth-order valence-electron chi connectivity index (χ4n) is 5.10. The van der Waals surface area contributed by atoms with Crippen LogP contribution in [0.3, 0.4) is 0 Å². The first kappa shape index (κ1) is 34.0. The van der Waals surface area contributed by atoms with E-state index in [1.54, 1.807) is 13.8 Å². The van der Waals surface area contributed by atoms with Gasteiger partial charge in [0.1, 0.15) is 11.6 Å². The zero-order valence-electron chi connectivity index (χ0n) is 27.7. The number of cyclic esters (lactones) is 2. The Morgan fingerprint density at radius 2 is 1.51 bits per heavy atom. The van der Waals surface area contributed by atoms with Gasteiger partial charge in [0.25, 0.3) is 5.79 Å². The van der Waals surface area contributed by atoms with Crippen LogP contribution in [0.2, 0.25) is 0 Å². The number of benzene rings is 2. The van der Waals surface area contributed by atoms with Crippen LogP contribution in [0.5, 0.6) is 5.75 Å². The van der Waals surface area contributed by atoms with E-state index in [4.69, 9.17) is 14.2 Å². The van der Waals surface area contributed by atoms with E-state index in [1.165, 1.54) is 11.1 Å². The van der Waals surface area contributed by atoms with Gasteiger partial charge in [-0.3, -0.25) is 0 Å². The Balaban J connectivity index is 1.98. The van der Waals surface area contributed by atoms with Gasteiger partial charge in [-0.05, 0) is 72.9 Å². The molecule has 3 rings (SSSR count). The summed E-state index contributed by atoms with van der Waals surface area (Å²) in [4.78, 5) is 26.5. The molecule has 7 heteroatoms. The first-order valence-electron chi connectivity index (χ1n) is 15.7. The molecule has 2 N–H and O–H groups in total. The number of esters is 2. The lowest BCUT2D eigenvalue weighted by Gasteiger charge is -2.36. The Morgan fingerprint density at radius 3 is 2.05 bits per heavy atom. The summed E-state index contributed by atoms with van der Waals surface area (Å²) in [5.41, 5.74) is 2.52. The van der Waals surface area contributed by atoms with E-state index in [2.05, 4.69) is 83.4 Å². The topological polar surface area (TPSA) is 85.9 Å². The van der Waals surface area contributed by atoms with Crippen molar-refractivity contribution < 1.29 is 23.8 Å². The van der Waals surface area contributed by atoms with E-state index < -0.39 is 23.3 Å². The summed E-state index contributed by atoms with van der Waals surface area (Å²) in [5, 5.41) is 6.91. The van der Waals surface area contributed by atoms with Crippen LogP contribution in [0.15, 0.2) is 59.9 Å². The van der Waals surface area contributed by atoms with Crippen molar-refractivity contribution in [3.63, 3.8) is 0 Å². The Hall–Kier alpha value is -3.48. The number of hydrogen-bond acceptors (Lipinski definition) is 7. The maximum atomic E-state index is 13.3. The van der Waals surface area contributed by atoms with Crippen LogP contribution < -0.4 is 15.4 Å². The Morgan fingerprint density at radius 1 is 0.907 bits per heavy atom. The van der Waals surface area contributed by atoms with Gasteiger partial charge in [-0.2, -0.15) is 0 Å². The standard InChI is InChI=1S/C36H52N2O5/c1-10-11-23-41-29-20-18-28(19-21-29)37-31(30-32(39)42-35(7,8)43-33(30)40)38-36(9,22-12-13-25(2)3)24-26-14-16-27(17-15-26)34(4,5)6/h14-21,25,37-38H,10-13,22-24H2,1-9H3. The molecule has 236 valence electrons. The molecule has 0 radical (unpaired) electrons. The van der Waals surface area contributed by atoms with Gasteiger partial charge in [0.2, 0.25) is 0 Å². The van der Waals surface area contributed by atoms with E-state index in [1.807, 2.05) is 24.3 Å². The first-order chi connectivity index (χ1) is 20.1. The van der Waals surface area contributed by atoms with Crippen LogP contribution in [0.4, 0.5) is 5.69 Å². The maximum Gasteiger partial charge on any atom is 0.352 e. The van der Waals surface area contributed by atoms with Crippen molar-refractivity contribution in [1.82, 2.24) is 5.32 Å². The molecule has 0 saturated carbocycles. The molecule has 0 aromatic heterocycles. The van der Waals surface area contributed by atoms with Crippen molar-refractivity contribution in [3.05, 3.63) is 71.1 Å². The molecule has 1 fully saturated rings. The molecule has 0 spiro atoms. The predicted octanol–water partition coefficient (Wildman–Crippen LogP) is 8.04. The number of anilines is 1. The molecule has 1 aliphatic rings. The van der Waals surface area contributed by atoms with Crippen molar-refractivity contribution in [3.8, 4) is 5.75 Å². The molecule has 0 bridgehead atoms. The average Bonchev–Trinajstić information content (AvgIpc) is 2.88. The molecule has 1 atom stereocenters. The SMILES string of the molecule is CCCCOc1ccc(NC(NC(C)(CCCC(C)C)Cc2ccc(C(C)(C)C)cc2)=C2C(=O)OC(C)(C)OC2=O)cc1. The maximum absolute atomic E-state index is 13.3. The highest BCUT2D eigenvalue weighted by atomic mass is 16.7. The lowest BCUT2D eigenvalue weighted by molar-refractivity contribution is -0.222. The van der Waals surface area contributed by atoms with Crippen LogP contribution in [-0.2, 0) is 30.9 Å². The molecule has 1 saturated heterocycles. The van der Waals surface area contributed by atoms with E-state index in [9.17, 15) is 9.59 Å². The molecule has 0 aliphatic carbocycles. The molecule has 43 heavy (non-hydrogen) atoms. The second-order valence-electron chi connectivity index (χ2n) is 13.9. The van der Waals surface area contributed by atoms with Crippen LogP contribution in [0.25, 0.3) is 0 Å². The van der Waals surface area contributed by atoms with Gasteiger partial charge in [0, 0.05) is 25.1 Å². The monoisotopic (exact) mass is 592 g/mol. The Kier molecular flexibility index (Phi) is 11.3. The summed E-state index contributed by atoms with van der Waals surface area (Å²) in [7, 11) is 0. The lowest BCUT2D eigenvalue weighted by atomic mass is 9.83. The van der Waals surface area contributed by atoms with Gasteiger partial charge in [0.05, 0.1) is 6.61 Å². The molecule has 1 heterocycles. The molecule has 2 aromatic carbocycles. The molecule has 1 unspecified atom stereocenters. The molecule has 0 amide bonds. The summed E-state index contributed by atoms with van der Waals surface area (Å²) in [6.07, 6.45) is 5.60. The number of carbonyl (C=O) groups is 2. The van der Waals surface area contributed by atoms with E-state index >= 15 is 0 Å².